The van der Waals surface area contributed by atoms with Crippen LogP contribution in [0.3, 0.4) is 0 Å². The molecule has 0 aromatic rings. The van der Waals surface area contributed by atoms with Crippen LogP contribution in [-0.4, -0.2) is 17.5 Å². The van der Waals surface area contributed by atoms with Crippen molar-refractivity contribution in [3.05, 3.63) is 0 Å². The molecular weight excluding hydrogens is 188 g/mol. The number of nitrogens with one attached hydrogen (secondary N) is 1. The van der Waals surface area contributed by atoms with Gasteiger partial charge in [0.05, 0.1) is 0 Å². The number of nitrogens with two attached hydrogens (primary N) is 1. The Morgan fingerprint density at radius 3 is 2.47 bits per heavy atom. The van der Waals surface area contributed by atoms with Gasteiger partial charge < -0.3 is 11.1 Å². The quantitative estimate of drug-likeness (QED) is 0.694. The summed E-state index contributed by atoms with van der Waals surface area (Å²) < 4.78 is 0. The average molecular weight is 212 g/mol. The summed E-state index contributed by atoms with van der Waals surface area (Å²) in [5.41, 5.74) is 5.77. The fourth-order valence-corrected chi connectivity index (χ4v) is 2.18. The van der Waals surface area contributed by atoms with Crippen LogP contribution in [0.4, 0.5) is 0 Å². The zero-order valence-electron chi connectivity index (χ0n) is 10.3. The molecule has 0 spiro atoms. The van der Waals surface area contributed by atoms with E-state index in [1.165, 1.54) is 0 Å². The van der Waals surface area contributed by atoms with Gasteiger partial charge in [-0.2, -0.15) is 0 Å². The molecule has 1 fully saturated rings. The van der Waals surface area contributed by atoms with Crippen LogP contribution in [0.5, 0.6) is 0 Å². The van der Waals surface area contributed by atoms with Crippen molar-refractivity contribution in [1.82, 2.24) is 5.32 Å². The van der Waals surface area contributed by atoms with Crippen LogP contribution in [0.25, 0.3) is 0 Å². The first kappa shape index (κ1) is 12.5. The van der Waals surface area contributed by atoms with Crippen LogP contribution in [-0.2, 0) is 4.79 Å². The second-order valence-electron chi connectivity index (χ2n) is 5.90. The molecule has 0 saturated heterocycles. The molecular formula is C12H24N2O. The molecule has 3 N–H and O–H groups in total. The largest absolute Gasteiger partial charge is 0.351 e. The first-order chi connectivity index (χ1) is 6.79. The first-order valence-electron chi connectivity index (χ1n) is 5.87. The first-order valence-corrected chi connectivity index (χ1v) is 5.87. The van der Waals surface area contributed by atoms with Gasteiger partial charge in [-0.15, -0.1) is 0 Å². The summed E-state index contributed by atoms with van der Waals surface area (Å²) in [6.07, 6.45) is 2.97. The highest BCUT2D eigenvalue weighted by molar-refractivity contribution is 5.79. The van der Waals surface area contributed by atoms with Gasteiger partial charge in [-0.3, -0.25) is 4.79 Å². The van der Waals surface area contributed by atoms with E-state index in [0.717, 1.165) is 19.3 Å². The summed E-state index contributed by atoms with van der Waals surface area (Å²) in [5, 5.41) is 3.05. The Hall–Kier alpha value is -0.570. The number of carbonyl (C=O) groups is 1. The zero-order chi connectivity index (χ0) is 11.6. The molecule has 0 aliphatic heterocycles. The molecule has 1 aliphatic rings. The van der Waals surface area contributed by atoms with E-state index in [0.29, 0.717) is 5.92 Å². The molecule has 1 aliphatic carbocycles. The number of rotatable bonds is 1. The van der Waals surface area contributed by atoms with E-state index >= 15 is 0 Å². The lowest BCUT2D eigenvalue weighted by molar-refractivity contribution is -0.129. The lowest BCUT2D eigenvalue weighted by Gasteiger charge is -2.33. The molecule has 0 radical (unpaired) electrons. The molecule has 3 unspecified atom stereocenters. The maximum Gasteiger partial charge on any atom is 0.223 e. The summed E-state index contributed by atoms with van der Waals surface area (Å²) >= 11 is 0. The molecule has 0 aromatic heterocycles. The Labute approximate surface area is 92.8 Å². The fourth-order valence-electron chi connectivity index (χ4n) is 2.18. The van der Waals surface area contributed by atoms with Crippen molar-refractivity contribution in [2.75, 3.05) is 0 Å². The SMILES string of the molecule is CC1CCC(N)CC1C(=O)NC(C)(C)C. The summed E-state index contributed by atoms with van der Waals surface area (Å²) in [7, 11) is 0. The van der Waals surface area contributed by atoms with Crippen LogP contribution in [0.15, 0.2) is 0 Å². The van der Waals surface area contributed by atoms with E-state index < -0.39 is 0 Å². The van der Waals surface area contributed by atoms with Gasteiger partial charge in [-0.1, -0.05) is 6.92 Å². The smallest absolute Gasteiger partial charge is 0.223 e. The Balaban J connectivity index is 2.57. The van der Waals surface area contributed by atoms with Gasteiger partial charge in [0.25, 0.3) is 0 Å². The van der Waals surface area contributed by atoms with Crippen LogP contribution in [0.2, 0.25) is 0 Å². The van der Waals surface area contributed by atoms with E-state index in [-0.39, 0.29) is 23.4 Å². The minimum absolute atomic E-state index is 0.105. The maximum absolute atomic E-state index is 12.0. The van der Waals surface area contributed by atoms with Crippen LogP contribution >= 0.6 is 0 Å². The highest BCUT2D eigenvalue weighted by atomic mass is 16.2. The number of hydrogen-bond acceptors (Lipinski definition) is 2. The molecule has 1 rings (SSSR count). The minimum Gasteiger partial charge on any atom is -0.351 e. The van der Waals surface area contributed by atoms with E-state index in [1.807, 2.05) is 20.8 Å². The van der Waals surface area contributed by atoms with E-state index in [1.54, 1.807) is 0 Å². The summed E-state index contributed by atoms with van der Waals surface area (Å²) in [6, 6.07) is 0.205. The lowest BCUT2D eigenvalue weighted by atomic mass is 9.77. The summed E-state index contributed by atoms with van der Waals surface area (Å²) in [4.78, 5) is 12.0. The summed E-state index contributed by atoms with van der Waals surface area (Å²) in [6.45, 7) is 8.19. The topological polar surface area (TPSA) is 55.1 Å². The van der Waals surface area contributed by atoms with Crippen molar-refractivity contribution in [2.45, 2.75) is 58.5 Å². The number of carbonyl (C=O) groups excluding carboxylic acids is 1. The molecule has 3 atom stereocenters. The predicted octanol–water partition coefficient (Wildman–Crippen LogP) is 1.66. The standard InChI is InChI=1S/C12H24N2O/c1-8-5-6-9(13)7-10(8)11(15)14-12(2,3)4/h8-10H,5-7,13H2,1-4H3,(H,14,15). The van der Waals surface area contributed by atoms with Gasteiger partial charge in [0.1, 0.15) is 0 Å². The highest BCUT2D eigenvalue weighted by Gasteiger charge is 2.32. The van der Waals surface area contributed by atoms with Gasteiger partial charge in [0, 0.05) is 17.5 Å². The Bertz CT molecular complexity index is 232. The monoisotopic (exact) mass is 212 g/mol. The van der Waals surface area contributed by atoms with E-state index in [9.17, 15) is 4.79 Å². The third-order valence-electron chi connectivity index (χ3n) is 3.07. The minimum atomic E-state index is -0.141. The van der Waals surface area contributed by atoms with Gasteiger partial charge >= 0.3 is 0 Å². The van der Waals surface area contributed by atoms with Gasteiger partial charge in [-0.05, 0) is 46.0 Å². The normalized spacial score (nSPS) is 32.5. The Morgan fingerprint density at radius 1 is 1.33 bits per heavy atom. The zero-order valence-corrected chi connectivity index (χ0v) is 10.3. The molecule has 3 nitrogen and oxygen atoms in total. The molecule has 15 heavy (non-hydrogen) atoms. The maximum atomic E-state index is 12.0. The Morgan fingerprint density at radius 2 is 1.93 bits per heavy atom. The molecule has 0 aromatic carbocycles. The number of hydrogen-bond donors (Lipinski definition) is 2. The van der Waals surface area contributed by atoms with E-state index in [4.69, 9.17) is 5.73 Å². The predicted molar refractivity (Wildman–Crippen MR) is 62.4 cm³/mol. The van der Waals surface area contributed by atoms with E-state index in [2.05, 4.69) is 12.2 Å². The summed E-state index contributed by atoms with van der Waals surface area (Å²) in [5.74, 6) is 0.741. The average Bonchev–Trinajstić information content (AvgIpc) is 2.06. The fraction of sp³-hybridized carbons (Fsp3) is 0.917. The molecule has 88 valence electrons. The van der Waals surface area contributed by atoms with Crippen molar-refractivity contribution in [2.24, 2.45) is 17.6 Å². The number of amides is 1. The van der Waals surface area contributed by atoms with Crippen LogP contribution < -0.4 is 11.1 Å². The van der Waals surface area contributed by atoms with Crippen LogP contribution in [0, 0.1) is 11.8 Å². The highest BCUT2D eigenvalue weighted by Crippen LogP contribution is 2.29. The van der Waals surface area contributed by atoms with Gasteiger partial charge in [-0.25, -0.2) is 0 Å². The molecule has 1 saturated carbocycles. The van der Waals surface area contributed by atoms with Crippen molar-refractivity contribution >= 4 is 5.91 Å². The second kappa shape index (κ2) is 4.52. The van der Waals surface area contributed by atoms with Crippen molar-refractivity contribution in [3.63, 3.8) is 0 Å². The second-order valence-corrected chi connectivity index (χ2v) is 5.90. The molecule has 1 amide bonds. The van der Waals surface area contributed by atoms with Crippen molar-refractivity contribution in [1.29, 1.82) is 0 Å². The van der Waals surface area contributed by atoms with Crippen molar-refractivity contribution < 1.29 is 4.79 Å². The van der Waals surface area contributed by atoms with Crippen molar-refractivity contribution in [3.8, 4) is 0 Å². The lowest BCUT2D eigenvalue weighted by Crippen LogP contribution is -2.48. The molecule has 0 bridgehead atoms. The third kappa shape index (κ3) is 3.82. The third-order valence-corrected chi connectivity index (χ3v) is 3.07. The van der Waals surface area contributed by atoms with Gasteiger partial charge in [0.2, 0.25) is 5.91 Å². The molecule has 0 heterocycles. The van der Waals surface area contributed by atoms with Gasteiger partial charge in [0.15, 0.2) is 0 Å². The van der Waals surface area contributed by atoms with Crippen LogP contribution in [0.1, 0.15) is 47.0 Å². The molecule has 3 heteroatoms. The Kier molecular flexibility index (Phi) is 3.77.